The molecule has 3 heterocycles. The molecular formula is C16H22N4O2S. The summed E-state index contributed by atoms with van der Waals surface area (Å²) in [5, 5.41) is 11.0. The first-order chi connectivity index (χ1) is 11.3. The van der Waals surface area contributed by atoms with Crippen LogP contribution in [-0.2, 0) is 11.3 Å². The molecule has 4 rings (SSSR count). The van der Waals surface area contributed by atoms with Gasteiger partial charge in [-0.05, 0) is 38.5 Å². The Morgan fingerprint density at radius 3 is 2.78 bits per heavy atom. The highest BCUT2D eigenvalue weighted by molar-refractivity contribution is 7.09. The average molecular weight is 334 g/mol. The minimum absolute atomic E-state index is 0.0752. The van der Waals surface area contributed by atoms with Gasteiger partial charge in [0.25, 0.3) is 0 Å². The van der Waals surface area contributed by atoms with Gasteiger partial charge < -0.3 is 9.26 Å². The smallest absolute Gasteiger partial charge is 0.244 e. The van der Waals surface area contributed by atoms with Gasteiger partial charge in [0.15, 0.2) is 5.82 Å². The van der Waals surface area contributed by atoms with E-state index in [0.29, 0.717) is 17.6 Å². The summed E-state index contributed by atoms with van der Waals surface area (Å²) in [7, 11) is 0. The van der Waals surface area contributed by atoms with Crippen LogP contribution in [0.25, 0.3) is 0 Å². The fourth-order valence-electron chi connectivity index (χ4n) is 3.08. The highest BCUT2D eigenvalue weighted by Gasteiger charge is 2.30. The summed E-state index contributed by atoms with van der Waals surface area (Å²) in [4.78, 5) is 9.20. The van der Waals surface area contributed by atoms with E-state index in [0.717, 1.165) is 44.2 Å². The number of thiazole rings is 1. The monoisotopic (exact) mass is 334 g/mol. The van der Waals surface area contributed by atoms with E-state index < -0.39 is 0 Å². The normalized spacial score (nSPS) is 20.7. The molecule has 0 spiro atoms. The summed E-state index contributed by atoms with van der Waals surface area (Å²) in [5.74, 6) is 2.55. The first kappa shape index (κ1) is 15.2. The first-order valence-corrected chi connectivity index (χ1v) is 9.23. The van der Waals surface area contributed by atoms with E-state index in [4.69, 9.17) is 14.2 Å². The van der Waals surface area contributed by atoms with E-state index >= 15 is 0 Å². The molecule has 124 valence electrons. The minimum Gasteiger partial charge on any atom is -0.381 e. The Kier molecular flexibility index (Phi) is 4.41. The van der Waals surface area contributed by atoms with Crippen LogP contribution in [-0.4, -0.2) is 28.3 Å². The second-order valence-corrected chi connectivity index (χ2v) is 7.33. The van der Waals surface area contributed by atoms with E-state index in [1.54, 1.807) is 11.3 Å². The lowest BCUT2D eigenvalue weighted by Gasteiger charge is -2.28. The predicted molar refractivity (Wildman–Crippen MR) is 86.2 cm³/mol. The molecule has 1 saturated carbocycles. The number of aromatic nitrogens is 3. The lowest BCUT2D eigenvalue weighted by molar-refractivity contribution is 0.0485. The van der Waals surface area contributed by atoms with Gasteiger partial charge in [0, 0.05) is 31.1 Å². The van der Waals surface area contributed by atoms with Crippen molar-refractivity contribution in [2.75, 3.05) is 13.2 Å². The van der Waals surface area contributed by atoms with Crippen molar-refractivity contribution in [1.29, 1.82) is 0 Å². The van der Waals surface area contributed by atoms with Gasteiger partial charge in [-0.15, -0.1) is 11.3 Å². The van der Waals surface area contributed by atoms with Crippen molar-refractivity contribution in [1.82, 2.24) is 20.4 Å². The lowest BCUT2D eigenvalue weighted by Crippen LogP contribution is -2.32. The Morgan fingerprint density at radius 2 is 2.09 bits per heavy atom. The van der Waals surface area contributed by atoms with Gasteiger partial charge in [-0.2, -0.15) is 4.98 Å². The molecule has 1 saturated heterocycles. The fourth-order valence-corrected chi connectivity index (χ4v) is 4.07. The molecule has 0 radical (unpaired) electrons. The summed E-state index contributed by atoms with van der Waals surface area (Å²) in [6.45, 7) is 4.21. The molecule has 6 nitrogen and oxygen atoms in total. The zero-order chi connectivity index (χ0) is 15.6. The van der Waals surface area contributed by atoms with Crippen LogP contribution in [0, 0.1) is 12.8 Å². The number of nitrogens with one attached hydrogen (secondary N) is 1. The van der Waals surface area contributed by atoms with Crippen LogP contribution in [0.15, 0.2) is 9.90 Å². The third-order valence-corrected chi connectivity index (χ3v) is 5.60. The van der Waals surface area contributed by atoms with Crippen LogP contribution in [0.1, 0.15) is 60.1 Å². The Morgan fingerprint density at radius 1 is 1.26 bits per heavy atom. The zero-order valence-electron chi connectivity index (χ0n) is 13.3. The summed E-state index contributed by atoms with van der Waals surface area (Å²) in [6.07, 6.45) is 4.63. The molecule has 7 heteroatoms. The summed E-state index contributed by atoms with van der Waals surface area (Å²) in [6, 6.07) is 0.0752. The number of nitrogens with zero attached hydrogens (tertiary/aromatic N) is 3. The van der Waals surface area contributed by atoms with Gasteiger partial charge in [-0.1, -0.05) is 5.16 Å². The van der Waals surface area contributed by atoms with Crippen molar-refractivity contribution in [2.24, 2.45) is 5.92 Å². The molecule has 2 aromatic rings. The quantitative estimate of drug-likeness (QED) is 0.875. The Balaban J connectivity index is 1.45. The largest absolute Gasteiger partial charge is 0.381 e. The molecule has 0 unspecified atom stereocenters. The van der Waals surface area contributed by atoms with Crippen LogP contribution in [0.4, 0.5) is 0 Å². The molecule has 0 bridgehead atoms. The molecule has 2 aliphatic rings. The molecule has 2 aromatic heterocycles. The van der Waals surface area contributed by atoms with Crippen molar-refractivity contribution >= 4 is 11.3 Å². The van der Waals surface area contributed by atoms with E-state index in [9.17, 15) is 0 Å². The number of hydrogen-bond donors (Lipinski definition) is 1. The highest BCUT2D eigenvalue weighted by atomic mass is 32.1. The first-order valence-electron chi connectivity index (χ1n) is 8.35. The van der Waals surface area contributed by atoms with Crippen molar-refractivity contribution in [3.63, 3.8) is 0 Å². The van der Waals surface area contributed by atoms with E-state index in [1.165, 1.54) is 17.8 Å². The van der Waals surface area contributed by atoms with Gasteiger partial charge >= 0.3 is 0 Å². The molecule has 1 N–H and O–H groups in total. The minimum atomic E-state index is 0.0752. The second-order valence-electron chi connectivity index (χ2n) is 6.44. The van der Waals surface area contributed by atoms with Gasteiger partial charge in [0.2, 0.25) is 5.89 Å². The van der Waals surface area contributed by atoms with Crippen LogP contribution >= 0.6 is 11.3 Å². The van der Waals surface area contributed by atoms with Crippen molar-refractivity contribution in [2.45, 2.75) is 51.1 Å². The van der Waals surface area contributed by atoms with Gasteiger partial charge in [0.05, 0.1) is 16.7 Å². The van der Waals surface area contributed by atoms with Crippen LogP contribution < -0.4 is 5.32 Å². The van der Waals surface area contributed by atoms with Crippen LogP contribution in [0.5, 0.6) is 0 Å². The standard InChI is InChI=1S/C16H22N4O2S/c1-10-18-15(22-20-10)14(11-4-6-21-7-5-11)17-8-13-9-23-16(19-13)12-2-3-12/h9,11-12,14,17H,2-8H2,1H3/t14-/m0/s1. The van der Waals surface area contributed by atoms with Crippen LogP contribution in [0.3, 0.4) is 0 Å². The summed E-state index contributed by atoms with van der Waals surface area (Å²) in [5.41, 5.74) is 1.12. The molecular weight excluding hydrogens is 312 g/mol. The van der Waals surface area contributed by atoms with Crippen molar-refractivity contribution in [3.8, 4) is 0 Å². The highest BCUT2D eigenvalue weighted by Crippen LogP contribution is 2.41. The number of ether oxygens (including phenoxy) is 1. The van der Waals surface area contributed by atoms with Crippen molar-refractivity contribution < 1.29 is 9.26 Å². The maximum absolute atomic E-state index is 5.49. The molecule has 1 aliphatic carbocycles. The topological polar surface area (TPSA) is 73.1 Å². The third-order valence-electron chi connectivity index (χ3n) is 4.55. The molecule has 0 amide bonds. The third kappa shape index (κ3) is 3.62. The predicted octanol–water partition coefficient (Wildman–Crippen LogP) is 2.97. The average Bonchev–Trinajstić information content (AvgIpc) is 3.17. The Bertz CT molecular complexity index is 646. The molecule has 2 fully saturated rings. The Hall–Kier alpha value is -1.31. The van der Waals surface area contributed by atoms with Crippen LogP contribution in [0.2, 0.25) is 0 Å². The fraction of sp³-hybridized carbons (Fsp3) is 0.688. The van der Waals surface area contributed by atoms with E-state index in [1.807, 2.05) is 6.92 Å². The van der Waals surface area contributed by atoms with Gasteiger partial charge in [-0.25, -0.2) is 4.98 Å². The van der Waals surface area contributed by atoms with E-state index in [2.05, 4.69) is 20.8 Å². The summed E-state index contributed by atoms with van der Waals surface area (Å²) >= 11 is 1.78. The number of hydrogen-bond acceptors (Lipinski definition) is 7. The Labute approximate surface area is 139 Å². The number of rotatable bonds is 6. The molecule has 0 aromatic carbocycles. The lowest BCUT2D eigenvalue weighted by atomic mass is 9.91. The van der Waals surface area contributed by atoms with E-state index in [-0.39, 0.29) is 6.04 Å². The molecule has 23 heavy (non-hydrogen) atoms. The van der Waals surface area contributed by atoms with Gasteiger partial charge in [-0.3, -0.25) is 5.32 Å². The second kappa shape index (κ2) is 6.67. The van der Waals surface area contributed by atoms with Crippen molar-refractivity contribution in [3.05, 3.63) is 27.8 Å². The maximum atomic E-state index is 5.49. The van der Waals surface area contributed by atoms with Gasteiger partial charge in [0.1, 0.15) is 0 Å². The maximum Gasteiger partial charge on any atom is 0.244 e. The SMILES string of the molecule is Cc1noc([C@@H](NCc2csc(C3CC3)n2)C2CCOCC2)n1. The molecule has 1 atom stereocenters. The number of aryl methyl sites for hydroxylation is 1. The molecule has 1 aliphatic heterocycles. The zero-order valence-corrected chi connectivity index (χ0v) is 14.1. The summed E-state index contributed by atoms with van der Waals surface area (Å²) < 4.78 is 10.9.